The number of benzene rings is 1. The summed E-state index contributed by atoms with van der Waals surface area (Å²) in [5, 5.41) is 9.85. The van der Waals surface area contributed by atoms with Gasteiger partial charge in [0.1, 0.15) is 0 Å². The summed E-state index contributed by atoms with van der Waals surface area (Å²) in [5.74, 6) is 0. The van der Waals surface area contributed by atoms with Crippen LogP contribution in [0.4, 0.5) is 0 Å². The van der Waals surface area contributed by atoms with E-state index in [4.69, 9.17) is 17.3 Å². The number of hydrogen-bond acceptors (Lipinski definition) is 2. The Kier molecular flexibility index (Phi) is 3.53. The van der Waals surface area contributed by atoms with E-state index >= 15 is 0 Å². The predicted molar refractivity (Wildman–Crippen MR) is 59.2 cm³/mol. The smallest absolute Gasteiger partial charge is 0.0500 e. The van der Waals surface area contributed by atoms with Gasteiger partial charge >= 0.3 is 0 Å². The number of aliphatic hydroxyl groups excluding tert-OH is 1. The minimum absolute atomic E-state index is 0.0411. The molecular formula is C11H16ClNO. The number of rotatable bonds is 3. The first-order valence-electron chi connectivity index (χ1n) is 4.60. The SMILES string of the molecule is CC(C)(CO)[C@@H](N)c1ccccc1Cl. The van der Waals surface area contributed by atoms with Crippen LogP contribution in [-0.4, -0.2) is 11.7 Å². The molecular weight excluding hydrogens is 198 g/mol. The lowest BCUT2D eigenvalue weighted by atomic mass is 9.82. The second kappa shape index (κ2) is 4.30. The van der Waals surface area contributed by atoms with Crippen molar-refractivity contribution in [2.75, 3.05) is 6.61 Å². The molecule has 0 aliphatic rings. The van der Waals surface area contributed by atoms with Crippen LogP contribution in [-0.2, 0) is 0 Å². The van der Waals surface area contributed by atoms with E-state index in [9.17, 15) is 5.11 Å². The van der Waals surface area contributed by atoms with Crippen molar-refractivity contribution in [3.05, 3.63) is 34.9 Å². The van der Waals surface area contributed by atoms with Crippen molar-refractivity contribution in [1.29, 1.82) is 0 Å². The van der Waals surface area contributed by atoms with Crippen molar-refractivity contribution in [1.82, 2.24) is 0 Å². The first-order valence-corrected chi connectivity index (χ1v) is 4.97. The molecule has 0 heterocycles. The number of aliphatic hydroxyl groups is 1. The van der Waals surface area contributed by atoms with Gasteiger partial charge in [-0.2, -0.15) is 0 Å². The quantitative estimate of drug-likeness (QED) is 0.810. The third-order valence-electron chi connectivity index (χ3n) is 2.49. The minimum Gasteiger partial charge on any atom is -0.396 e. The maximum atomic E-state index is 9.19. The molecule has 0 saturated carbocycles. The molecule has 0 unspecified atom stereocenters. The van der Waals surface area contributed by atoms with Crippen molar-refractivity contribution < 1.29 is 5.11 Å². The lowest BCUT2D eigenvalue weighted by Crippen LogP contribution is -2.32. The van der Waals surface area contributed by atoms with Gasteiger partial charge in [-0.05, 0) is 11.6 Å². The van der Waals surface area contributed by atoms with Crippen molar-refractivity contribution in [2.24, 2.45) is 11.1 Å². The number of halogens is 1. The summed E-state index contributed by atoms with van der Waals surface area (Å²) in [6, 6.07) is 7.22. The highest BCUT2D eigenvalue weighted by Gasteiger charge is 2.28. The van der Waals surface area contributed by atoms with Crippen LogP contribution in [0.15, 0.2) is 24.3 Å². The maximum absolute atomic E-state index is 9.19. The second-order valence-electron chi connectivity index (χ2n) is 4.15. The van der Waals surface area contributed by atoms with Gasteiger partial charge in [0.05, 0.1) is 0 Å². The van der Waals surface area contributed by atoms with Crippen molar-refractivity contribution in [3.63, 3.8) is 0 Å². The fourth-order valence-corrected chi connectivity index (χ4v) is 1.50. The summed E-state index contributed by atoms with van der Waals surface area (Å²) in [6.45, 7) is 3.88. The topological polar surface area (TPSA) is 46.2 Å². The molecule has 0 aliphatic carbocycles. The molecule has 0 aromatic heterocycles. The van der Waals surface area contributed by atoms with Crippen LogP contribution in [0.3, 0.4) is 0 Å². The summed E-state index contributed by atoms with van der Waals surface area (Å²) in [6.07, 6.45) is 0. The van der Waals surface area contributed by atoms with Gasteiger partial charge in [-0.15, -0.1) is 0 Å². The Morgan fingerprint density at radius 1 is 1.43 bits per heavy atom. The zero-order valence-corrected chi connectivity index (χ0v) is 9.25. The molecule has 14 heavy (non-hydrogen) atoms. The largest absolute Gasteiger partial charge is 0.396 e. The van der Waals surface area contributed by atoms with Crippen molar-refractivity contribution in [2.45, 2.75) is 19.9 Å². The molecule has 2 nitrogen and oxygen atoms in total. The monoisotopic (exact) mass is 213 g/mol. The Hall–Kier alpha value is -0.570. The Balaban J connectivity index is 3.00. The summed E-state index contributed by atoms with van der Waals surface area (Å²) < 4.78 is 0. The van der Waals surface area contributed by atoms with E-state index in [-0.39, 0.29) is 18.1 Å². The molecule has 3 N–H and O–H groups in total. The highest BCUT2D eigenvalue weighted by atomic mass is 35.5. The van der Waals surface area contributed by atoms with E-state index in [0.717, 1.165) is 5.56 Å². The van der Waals surface area contributed by atoms with Gasteiger partial charge in [0.25, 0.3) is 0 Å². The minimum atomic E-state index is -0.356. The van der Waals surface area contributed by atoms with Gasteiger partial charge in [-0.1, -0.05) is 43.6 Å². The van der Waals surface area contributed by atoms with E-state index in [1.807, 2.05) is 38.1 Å². The van der Waals surface area contributed by atoms with Gasteiger partial charge in [0, 0.05) is 23.1 Å². The van der Waals surface area contributed by atoms with E-state index < -0.39 is 0 Å². The van der Waals surface area contributed by atoms with E-state index in [1.165, 1.54) is 0 Å². The molecule has 0 aliphatic heterocycles. The summed E-state index contributed by atoms with van der Waals surface area (Å²) >= 11 is 6.02. The van der Waals surface area contributed by atoms with Gasteiger partial charge in [0.15, 0.2) is 0 Å². The first-order chi connectivity index (χ1) is 6.49. The van der Waals surface area contributed by atoms with Gasteiger partial charge < -0.3 is 10.8 Å². The lowest BCUT2D eigenvalue weighted by Gasteiger charge is -2.30. The maximum Gasteiger partial charge on any atom is 0.0500 e. The van der Waals surface area contributed by atoms with Crippen LogP contribution in [0.25, 0.3) is 0 Å². The third kappa shape index (κ3) is 2.27. The van der Waals surface area contributed by atoms with Crippen LogP contribution >= 0.6 is 11.6 Å². The zero-order chi connectivity index (χ0) is 10.8. The molecule has 0 amide bonds. The summed E-state index contributed by atoms with van der Waals surface area (Å²) in [5.41, 5.74) is 6.57. The summed E-state index contributed by atoms with van der Waals surface area (Å²) in [4.78, 5) is 0. The molecule has 0 bridgehead atoms. The van der Waals surface area contributed by atoms with Crippen LogP contribution < -0.4 is 5.73 Å². The van der Waals surface area contributed by atoms with E-state index in [0.29, 0.717) is 5.02 Å². The molecule has 3 heteroatoms. The average molecular weight is 214 g/mol. The normalized spacial score (nSPS) is 14.1. The Morgan fingerprint density at radius 3 is 2.50 bits per heavy atom. The molecule has 0 radical (unpaired) electrons. The van der Waals surface area contributed by atoms with Gasteiger partial charge in [-0.25, -0.2) is 0 Å². The molecule has 0 spiro atoms. The molecule has 0 fully saturated rings. The van der Waals surface area contributed by atoms with Crippen LogP contribution in [0.1, 0.15) is 25.5 Å². The third-order valence-corrected chi connectivity index (χ3v) is 2.83. The second-order valence-corrected chi connectivity index (χ2v) is 4.55. The number of nitrogens with two attached hydrogens (primary N) is 1. The highest BCUT2D eigenvalue weighted by Crippen LogP contribution is 2.33. The molecule has 1 aromatic rings. The van der Waals surface area contributed by atoms with Crippen LogP contribution in [0, 0.1) is 5.41 Å². The molecule has 0 saturated heterocycles. The number of hydrogen-bond donors (Lipinski definition) is 2. The van der Waals surface area contributed by atoms with E-state index in [1.54, 1.807) is 0 Å². The molecule has 1 rings (SSSR count). The van der Waals surface area contributed by atoms with Gasteiger partial charge in [0.2, 0.25) is 0 Å². The Labute approximate surface area is 89.7 Å². The van der Waals surface area contributed by atoms with E-state index in [2.05, 4.69) is 0 Å². The highest BCUT2D eigenvalue weighted by molar-refractivity contribution is 6.31. The van der Waals surface area contributed by atoms with Crippen molar-refractivity contribution >= 4 is 11.6 Å². The van der Waals surface area contributed by atoms with Crippen LogP contribution in [0.2, 0.25) is 5.02 Å². The Bertz CT molecular complexity index is 312. The molecule has 1 atom stereocenters. The summed E-state index contributed by atoms with van der Waals surface area (Å²) in [7, 11) is 0. The van der Waals surface area contributed by atoms with Crippen molar-refractivity contribution in [3.8, 4) is 0 Å². The standard InChI is InChI=1S/C11H16ClNO/c1-11(2,7-14)10(13)8-5-3-4-6-9(8)12/h3-6,10,14H,7,13H2,1-2H3/t10-/m0/s1. The molecule has 78 valence electrons. The Morgan fingerprint density at radius 2 is 2.00 bits per heavy atom. The molecule has 1 aromatic carbocycles. The average Bonchev–Trinajstić information content (AvgIpc) is 2.17. The fraction of sp³-hybridized carbons (Fsp3) is 0.455. The fourth-order valence-electron chi connectivity index (χ4n) is 1.25. The van der Waals surface area contributed by atoms with Crippen LogP contribution in [0.5, 0.6) is 0 Å². The zero-order valence-electron chi connectivity index (χ0n) is 8.50. The lowest BCUT2D eigenvalue weighted by molar-refractivity contribution is 0.132. The predicted octanol–water partition coefficient (Wildman–Crippen LogP) is 2.36. The first kappa shape index (κ1) is 11.5. The van der Waals surface area contributed by atoms with Gasteiger partial charge in [-0.3, -0.25) is 0 Å².